The summed E-state index contributed by atoms with van der Waals surface area (Å²) >= 11 is 12.5. The summed E-state index contributed by atoms with van der Waals surface area (Å²) in [6, 6.07) is 15.1. The van der Waals surface area contributed by atoms with Crippen LogP contribution in [0.1, 0.15) is 34.8 Å². The highest BCUT2D eigenvalue weighted by Crippen LogP contribution is 2.34. The Morgan fingerprint density at radius 2 is 1.86 bits per heavy atom. The van der Waals surface area contributed by atoms with Gasteiger partial charge in [-0.25, -0.2) is 5.43 Å². The largest absolute Gasteiger partial charge is 0.490 e. The molecule has 3 aromatic rings. The molecule has 0 spiro atoms. The Labute approximate surface area is 174 Å². The molecule has 0 aliphatic rings. The summed E-state index contributed by atoms with van der Waals surface area (Å²) in [6.07, 6.45) is 2.36. The maximum atomic E-state index is 12.7. The number of ether oxygens (including phenoxy) is 1. The van der Waals surface area contributed by atoms with E-state index in [0.717, 1.165) is 22.8 Å². The first-order valence-electron chi connectivity index (χ1n) is 8.95. The zero-order valence-corrected chi connectivity index (χ0v) is 17.1. The number of nitrogens with one attached hydrogen (secondary N) is 1. The molecule has 0 heterocycles. The van der Waals surface area contributed by atoms with Crippen LogP contribution in [0.5, 0.6) is 5.75 Å². The Morgan fingerprint density at radius 1 is 1.14 bits per heavy atom. The molecular weight excluding hydrogens is 395 g/mol. The summed E-state index contributed by atoms with van der Waals surface area (Å²) in [4.78, 5) is 12.7. The number of nitrogens with zero attached hydrogens (tertiary/aromatic N) is 1. The van der Waals surface area contributed by atoms with Crippen LogP contribution in [-0.4, -0.2) is 18.7 Å². The minimum atomic E-state index is -0.273. The number of amides is 1. The molecule has 0 aliphatic heterocycles. The zero-order valence-electron chi connectivity index (χ0n) is 15.6. The second-order valence-corrected chi connectivity index (χ2v) is 7.15. The lowest BCUT2D eigenvalue weighted by molar-refractivity contribution is 0.0956. The summed E-state index contributed by atoms with van der Waals surface area (Å²) in [5.74, 6) is 0.184. The third-order valence-corrected chi connectivity index (χ3v) is 4.78. The number of halogens is 2. The molecule has 0 bridgehead atoms. The summed E-state index contributed by atoms with van der Waals surface area (Å²) < 4.78 is 5.55. The molecule has 0 aliphatic carbocycles. The number of hydrazone groups is 1. The third-order valence-electron chi connectivity index (χ3n) is 4.22. The fraction of sp³-hybridized carbons (Fsp3) is 0.182. The van der Waals surface area contributed by atoms with Gasteiger partial charge in [0.25, 0.3) is 5.91 Å². The van der Waals surface area contributed by atoms with Gasteiger partial charge in [-0.05, 0) is 47.4 Å². The molecule has 0 unspecified atom stereocenters. The minimum Gasteiger partial charge on any atom is -0.490 e. The first kappa shape index (κ1) is 20.2. The smallest absolute Gasteiger partial charge is 0.272 e. The van der Waals surface area contributed by atoms with Gasteiger partial charge in [0.15, 0.2) is 5.75 Å². The van der Waals surface area contributed by atoms with Crippen molar-refractivity contribution in [1.29, 1.82) is 0 Å². The molecule has 0 fully saturated rings. The Bertz CT molecular complexity index is 1020. The average Bonchev–Trinajstić information content (AvgIpc) is 2.67. The van der Waals surface area contributed by atoms with E-state index in [1.807, 2.05) is 50.2 Å². The highest BCUT2D eigenvalue weighted by atomic mass is 35.5. The lowest BCUT2D eigenvalue weighted by atomic mass is 9.99. The molecule has 6 heteroatoms. The molecule has 0 aromatic heterocycles. The summed E-state index contributed by atoms with van der Waals surface area (Å²) in [7, 11) is 0. The SMILES string of the molecule is CCCOc1c(Cl)cc(/C=N\NC(=O)c2c(C)ccc3ccccc23)cc1Cl. The monoisotopic (exact) mass is 414 g/mol. The van der Waals surface area contributed by atoms with Crippen molar-refractivity contribution < 1.29 is 9.53 Å². The van der Waals surface area contributed by atoms with Crippen LogP contribution in [0.25, 0.3) is 10.8 Å². The first-order chi connectivity index (χ1) is 13.5. The number of hydrogen-bond acceptors (Lipinski definition) is 3. The van der Waals surface area contributed by atoms with E-state index in [2.05, 4.69) is 10.5 Å². The average molecular weight is 415 g/mol. The number of carbonyl (C=O) groups excluding carboxylic acids is 1. The van der Waals surface area contributed by atoms with E-state index in [1.54, 1.807) is 12.1 Å². The van der Waals surface area contributed by atoms with Gasteiger partial charge in [0.05, 0.1) is 28.4 Å². The van der Waals surface area contributed by atoms with E-state index in [-0.39, 0.29) is 5.91 Å². The highest BCUT2D eigenvalue weighted by Gasteiger charge is 2.13. The minimum absolute atomic E-state index is 0.273. The van der Waals surface area contributed by atoms with Crippen molar-refractivity contribution in [2.45, 2.75) is 20.3 Å². The van der Waals surface area contributed by atoms with Gasteiger partial charge in [0, 0.05) is 0 Å². The topological polar surface area (TPSA) is 50.7 Å². The molecular formula is C22H20Cl2N2O2. The summed E-state index contributed by atoms with van der Waals surface area (Å²) in [6.45, 7) is 4.44. The number of benzene rings is 3. The third kappa shape index (κ3) is 4.46. The van der Waals surface area contributed by atoms with E-state index < -0.39 is 0 Å². The van der Waals surface area contributed by atoms with Crippen LogP contribution in [-0.2, 0) is 0 Å². The molecule has 0 saturated heterocycles. The summed E-state index contributed by atoms with van der Waals surface area (Å²) in [5.41, 5.74) is 4.73. The fourth-order valence-electron chi connectivity index (χ4n) is 2.90. The van der Waals surface area contributed by atoms with Crippen LogP contribution in [0.15, 0.2) is 53.6 Å². The lowest BCUT2D eigenvalue weighted by Crippen LogP contribution is -2.19. The van der Waals surface area contributed by atoms with Crippen molar-refractivity contribution >= 4 is 46.1 Å². The van der Waals surface area contributed by atoms with Crippen LogP contribution in [0.2, 0.25) is 10.0 Å². The van der Waals surface area contributed by atoms with Crippen LogP contribution in [0.4, 0.5) is 0 Å². The second-order valence-electron chi connectivity index (χ2n) is 6.34. The number of rotatable bonds is 6. The Kier molecular flexibility index (Phi) is 6.55. The van der Waals surface area contributed by atoms with E-state index in [4.69, 9.17) is 27.9 Å². The Balaban J connectivity index is 1.78. The van der Waals surface area contributed by atoms with Gasteiger partial charge in [-0.1, -0.05) is 66.5 Å². The van der Waals surface area contributed by atoms with Crippen molar-refractivity contribution in [3.63, 3.8) is 0 Å². The number of hydrogen-bond donors (Lipinski definition) is 1. The van der Waals surface area contributed by atoms with Gasteiger partial charge in [0.2, 0.25) is 0 Å². The second kappa shape index (κ2) is 9.09. The molecule has 3 rings (SSSR count). The molecule has 4 nitrogen and oxygen atoms in total. The Hall–Kier alpha value is -2.56. The van der Waals surface area contributed by atoms with Crippen molar-refractivity contribution in [3.8, 4) is 5.75 Å². The van der Waals surface area contributed by atoms with Gasteiger partial charge < -0.3 is 4.74 Å². The normalized spacial score (nSPS) is 11.1. The van der Waals surface area contributed by atoms with Crippen molar-refractivity contribution in [2.24, 2.45) is 5.10 Å². The fourth-order valence-corrected chi connectivity index (χ4v) is 3.51. The van der Waals surface area contributed by atoms with Gasteiger partial charge in [0.1, 0.15) is 0 Å². The maximum absolute atomic E-state index is 12.7. The van der Waals surface area contributed by atoms with E-state index in [0.29, 0.717) is 33.5 Å². The molecule has 28 heavy (non-hydrogen) atoms. The van der Waals surface area contributed by atoms with Crippen LogP contribution >= 0.6 is 23.2 Å². The molecule has 1 N–H and O–H groups in total. The molecule has 0 atom stereocenters. The van der Waals surface area contributed by atoms with Gasteiger partial charge >= 0.3 is 0 Å². The number of fused-ring (bicyclic) bond motifs is 1. The molecule has 3 aromatic carbocycles. The molecule has 0 saturated carbocycles. The predicted molar refractivity (Wildman–Crippen MR) is 116 cm³/mol. The van der Waals surface area contributed by atoms with Gasteiger partial charge in [-0.2, -0.15) is 5.10 Å². The Morgan fingerprint density at radius 3 is 2.57 bits per heavy atom. The quantitative estimate of drug-likeness (QED) is 0.396. The first-order valence-corrected chi connectivity index (χ1v) is 9.70. The lowest BCUT2D eigenvalue weighted by Gasteiger charge is -2.10. The molecule has 144 valence electrons. The van der Waals surface area contributed by atoms with E-state index in [1.165, 1.54) is 6.21 Å². The van der Waals surface area contributed by atoms with Crippen molar-refractivity contribution in [3.05, 3.63) is 75.3 Å². The van der Waals surface area contributed by atoms with Gasteiger partial charge in [-0.15, -0.1) is 0 Å². The van der Waals surface area contributed by atoms with Crippen molar-refractivity contribution in [1.82, 2.24) is 5.43 Å². The zero-order chi connectivity index (χ0) is 20.1. The van der Waals surface area contributed by atoms with Crippen LogP contribution in [0.3, 0.4) is 0 Å². The van der Waals surface area contributed by atoms with E-state index in [9.17, 15) is 4.79 Å². The number of aryl methyl sites for hydroxylation is 1. The number of carbonyl (C=O) groups is 1. The molecule has 0 radical (unpaired) electrons. The highest BCUT2D eigenvalue weighted by molar-refractivity contribution is 6.37. The molecule has 1 amide bonds. The van der Waals surface area contributed by atoms with E-state index >= 15 is 0 Å². The van der Waals surface area contributed by atoms with Crippen LogP contribution in [0, 0.1) is 6.92 Å². The van der Waals surface area contributed by atoms with Crippen molar-refractivity contribution in [2.75, 3.05) is 6.61 Å². The van der Waals surface area contributed by atoms with Crippen LogP contribution < -0.4 is 10.2 Å². The maximum Gasteiger partial charge on any atom is 0.272 e. The summed E-state index contributed by atoms with van der Waals surface area (Å²) in [5, 5.41) is 6.75. The standard InChI is InChI=1S/C22H20Cl2N2O2/c1-3-10-28-21-18(23)11-15(12-19(21)24)13-25-26-22(27)20-14(2)8-9-16-6-4-5-7-17(16)20/h4-9,11-13H,3,10H2,1-2H3,(H,26,27)/b25-13-. The predicted octanol–water partition coefficient (Wildman–Crippen LogP) is 6.01. The van der Waals surface area contributed by atoms with Gasteiger partial charge in [-0.3, -0.25) is 4.79 Å².